The summed E-state index contributed by atoms with van der Waals surface area (Å²) in [4.78, 5) is 16.6. The topological polar surface area (TPSA) is 81.7 Å². The van der Waals surface area contributed by atoms with Crippen LogP contribution in [0.15, 0.2) is 65.3 Å². The number of rotatable bonds is 6. The third-order valence-electron chi connectivity index (χ3n) is 3.89. The lowest BCUT2D eigenvalue weighted by Gasteiger charge is -2.21. The van der Waals surface area contributed by atoms with Gasteiger partial charge in [0.1, 0.15) is 21.6 Å². The van der Waals surface area contributed by atoms with Gasteiger partial charge in [0.15, 0.2) is 11.5 Å². The van der Waals surface area contributed by atoms with Gasteiger partial charge in [-0.3, -0.25) is 0 Å². The minimum atomic E-state index is -4.90. The van der Waals surface area contributed by atoms with E-state index in [2.05, 4.69) is 36.3 Å². The SMILES string of the molecule is CC(C)(C)Oc1ccc(NC(=O)Nc2ccc(Br)nc2Oc2ccccc2OC(F)(F)F)cc1. The molecule has 11 heteroatoms. The molecule has 180 valence electrons. The van der Waals surface area contributed by atoms with Crippen LogP contribution >= 0.6 is 15.9 Å². The first-order chi connectivity index (χ1) is 15.9. The number of alkyl halides is 3. The Labute approximate surface area is 202 Å². The number of aromatic nitrogens is 1. The second-order valence-corrected chi connectivity index (χ2v) is 8.71. The first-order valence-electron chi connectivity index (χ1n) is 9.94. The highest BCUT2D eigenvalue weighted by atomic mass is 79.9. The Hall–Kier alpha value is -3.47. The van der Waals surface area contributed by atoms with Crippen LogP contribution in [-0.4, -0.2) is 23.0 Å². The Morgan fingerprint density at radius 2 is 1.53 bits per heavy atom. The number of carbonyl (C=O) groups is 1. The zero-order valence-corrected chi connectivity index (χ0v) is 20.0. The standard InChI is InChI=1S/C23H21BrF3N3O4/c1-22(2,3)33-15-10-8-14(9-11-15)28-21(31)29-16-12-13-19(24)30-20(16)32-17-6-4-5-7-18(17)34-23(25,26)27/h4-13H,1-3H3,(H2,28,29,31). The van der Waals surface area contributed by atoms with Crippen molar-refractivity contribution in [3.05, 3.63) is 65.3 Å². The maximum absolute atomic E-state index is 12.7. The molecule has 2 amide bonds. The van der Waals surface area contributed by atoms with Crippen LogP contribution in [0.5, 0.6) is 23.1 Å². The van der Waals surface area contributed by atoms with E-state index in [0.29, 0.717) is 16.0 Å². The number of pyridine rings is 1. The summed E-state index contributed by atoms with van der Waals surface area (Å²) in [7, 11) is 0. The fraction of sp³-hybridized carbons (Fsp3) is 0.217. The van der Waals surface area contributed by atoms with Gasteiger partial charge in [-0.1, -0.05) is 12.1 Å². The molecular weight excluding hydrogens is 519 g/mol. The minimum Gasteiger partial charge on any atom is -0.488 e. The zero-order valence-electron chi connectivity index (χ0n) is 18.4. The Morgan fingerprint density at radius 3 is 2.15 bits per heavy atom. The van der Waals surface area contributed by atoms with Gasteiger partial charge in [-0.25, -0.2) is 9.78 Å². The molecule has 0 spiro atoms. The van der Waals surface area contributed by atoms with E-state index in [1.54, 1.807) is 30.3 Å². The van der Waals surface area contributed by atoms with Crippen LogP contribution in [0, 0.1) is 0 Å². The highest BCUT2D eigenvalue weighted by molar-refractivity contribution is 9.10. The molecule has 3 rings (SSSR count). The molecule has 2 N–H and O–H groups in total. The average Bonchev–Trinajstić information content (AvgIpc) is 2.71. The molecule has 0 fully saturated rings. The summed E-state index contributed by atoms with van der Waals surface area (Å²) in [6.07, 6.45) is -4.90. The van der Waals surface area contributed by atoms with Gasteiger partial charge in [0, 0.05) is 5.69 Å². The van der Waals surface area contributed by atoms with Crippen LogP contribution < -0.4 is 24.8 Å². The summed E-state index contributed by atoms with van der Waals surface area (Å²) >= 11 is 3.18. The molecule has 0 atom stereocenters. The first-order valence-corrected chi connectivity index (χ1v) is 10.7. The number of para-hydroxylation sites is 2. The maximum Gasteiger partial charge on any atom is 0.573 e. The third-order valence-corrected chi connectivity index (χ3v) is 4.33. The van der Waals surface area contributed by atoms with Gasteiger partial charge >= 0.3 is 12.4 Å². The molecule has 3 aromatic rings. The number of hydrogen-bond acceptors (Lipinski definition) is 5. The second-order valence-electron chi connectivity index (χ2n) is 7.90. The molecule has 2 aromatic carbocycles. The van der Waals surface area contributed by atoms with Gasteiger partial charge in [-0.2, -0.15) is 0 Å². The Balaban J connectivity index is 1.74. The van der Waals surface area contributed by atoms with Crippen LogP contribution in [0.2, 0.25) is 0 Å². The monoisotopic (exact) mass is 539 g/mol. The molecular formula is C23H21BrF3N3O4. The van der Waals surface area contributed by atoms with Gasteiger partial charge in [-0.05, 0) is 85.2 Å². The van der Waals surface area contributed by atoms with Crippen LogP contribution in [0.3, 0.4) is 0 Å². The van der Waals surface area contributed by atoms with Gasteiger partial charge in [-0.15, -0.1) is 13.2 Å². The Bertz CT molecular complexity index is 1150. The Morgan fingerprint density at radius 1 is 0.882 bits per heavy atom. The molecule has 1 heterocycles. The highest BCUT2D eigenvalue weighted by Crippen LogP contribution is 2.37. The predicted octanol–water partition coefficient (Wildman–Crippen LogP) is 7.36. The lowest BCUT2D eigenvalue weighted by atomic mass is 10.2. The number of amides is 2. The van der Waals surface area contributed by atoms with Crippen molar-refractivity contribution in [1.82, 2.24) is 4.98 Å². The number of ether oxygens (including phenoxy) is 3. The number of nitrogens with one attached hydrogen (secondary N) is 2. The fourth-order valence-electron chi connectivity index (χ4n) is 2.68. The fourth-order valence-corrected chi connectivity index (χ4v) is 2.98. The largest absolute Gasteiger partial charge is 0.573 e. The van der Waals surface area contributed by atoms with Crippen molar-refractivity contribution in [2.45, 2.75) is 32.7 Å². The van der Waals surface area contributed by atoms with Gasteiger partial charge in [0.25, 0.3) is 0 Å². The van der Waals surface area contributed by atoms with Crippen molar-refractivity contribution in [2.75, 3.05) is 10.6 Å². The first kappa shape index (κ1) is 25.2. The normalized spacial score (nSPS) is 11.5. The molecule has 0 bridgehead atoms. The maximum atomic E-state index is 12.7. The number of urea groups is 1. The average molecular weight is 540 g/mol. The van der Waals surface area contributed by atoms with Crippen molar-refractivity contribution in [2.24, 2.45) is 0 Å². The van der Waals surface area contributed by atoms with Gasteiger partial charge < -0.3 is 24.8 Å². The summed E-state index contributed by atoms with van der Waals surface area (Å²) in [5.41, 5.74) is 0.256. The molecule has 0 unspecified atom stereocenters. The molecule has 34 heavy (non-hydrogen) atoms. The van der Waals surface area contributed by atoms with Crippen LogP contribution in [0.25, 0.3) is 0 Å². The number of hydrogen-bond donors (Lipinski definition) is 2. The summed E-state index contributed by atoms with van der Waals surface area (Å²) in [5.74, 6) is -0.282. The number of nitrogens with zero attached hydrogens (tertiary/aromatic N) is 1. The predicted molar refractivity (Wildman–Crippen MR) is 125 cm³/mol. The number of anilines is 2. The quantitative estimate of drug-likeness (QED) is 0.320. The van der Waals surface area contributed by atoms with E-state index in [4.69, 9.17) is 9.47 Å². The van der Waals surface area contributed by atoms with E-state index < -0.39 is 18.1 Å². The van der Waals surface area contributed by atoms with E-state index in [0.717, 1.165) is 6.07 Å². The van der Waals surface area contributed by atoms with Crippen molar-refractivity contribution in [1.29, 1.82) is 0 Å². The van der Waals surface area contributed by atoms with Crippen molar-refractivity contribution in [3.8, 4) is 23.1 Å². The summed E-state index contributed by atoms with van der Waals surface area (Å²) in [5, 5.41) is 5.23. The van der Waals surface area contributed by atoms with E-state index in [1.807, 2.05) is 20.8 Å². The molecule has 0 radical (unpaired) electrons. The van der Waals surface area contributed by atoms with Gasteiger partial charge in [0.05, 0.1) is 0 Å². The third kappa shape index (κ3) is 7.84. The summed E-state index contributed by atoms with van der Waals surface area (Å²) in [6.45, 7) is 5.77. The number of halogens is 4. The molecule has 0 aliphatic rings. The smallest absolute Gasteiger partial charge is 0.488 e. The molecule has 0 aliphatic heterocycles. The van der Waals surface area contributed by atoms with Crippen molar-refractivity contribution in [3.63, 3.8) is 0 Å². The van der Waals surface area contributed by atoms with Gasteiger partial charge in [0.2, 0.25) is 5.88 Å². The van der Waals surface area contributed by atoms with E-state index in [1.165, 1.54) is 24.3 Å². The highest BCUT2D eigenvalue weighted by Gasteiger charge is 2.32. The van der Waals surface area contributed by atoms with E-state index in [9.17, 15) is 18.0 Å². The van der Waals surface area contributed by atoms with Crippen LogP contribution in [0.1, 0.15) is 20.8 Å². The lowest BCUT2D eigenvalue weighted by molar-refractivity contribution is -0.275. The molecule has 0 saturated carbocycles. The summed E-state index contributed by atoms with van der Waals surface area (Å²) in [6, 6.07) is 14.4. The number of carbonyl (C=O) groups excluding carboxylic acids is 1. The molecule has 0 saturated heterocycles. The lowest BCUT2D eigenvalue weighted by Crippen LogP contribution is -2.23. The van der Waals surface area contributed by atoms with E-state index >= 15 is 0 Å². The van der Waals surface area contributed by atoms with Crippen LogP contribution in [0.4, 0.5) is 29.3 Å². The molecule has 0 aliphatic carbocycles. The molecule has 7 nitrogen and oxygen atoms in total. The minimum absolute atomic E-state index is 0.121. The number of benzene rings is 2. The zero-order chi connectivity index (χ0) is 24.9. The second kappa shape index (κ2) is 10.2. The summed E-state index contributed by atoms with van der Waals surface area (Å²) < 4.78 is 53.8. The van der Waals surface area contributed by atoms with E-state index in [-0.39, 0.29) is 22.9 Å². The van der Waals surface area contributed by atoms with Crippen molar-refractivity contribution < 1.29 is 32.2 Å². The Kier molecular flexibility index (Phi) is 7.55. The molecule has 1 aromatic heterocycles. The van der Waals surface area contributed by atoms with Crippen LogP contribution in [-0.2, 0) is 0 Å². The van der Waals surface area contributed by atoms with Crippen molar-refractivity contribution >= 4 is 33.3 Å².